The lowest BCUT2D eigenvalue weighted by Crippen LogP contribution is -2.34. The van der Waals surface area contributed by atoms with Crippen molar-refractivity contribution in [1.82, 2.24) is 5.32 Å². The Morgan fingerprint density at radius 2 is 2.04 bits per heavy atom. The molecule has 1 aliphatic heterocycles. The Hall–Kier alpha value is -2.56. The van der Waals surface area contributed by atoms with Crippen molar-refractivity contribution in [3.05, 3.63) is 52.4 Å². The summed E-state index contributed by atoms with van der Waals surface area (Å²) >= 11 is 0. The Kier molecular flexibility index (Phi) is 4.93. The van der Waals surface area contributed by atoms with E-state index in [1.165, 1.54) is 7.11 Å². The van der Waals surface area contributed by atoms with E-state index in [2.05, 4.69) is 5.32 Å². The Bertz CT molecular complexity index is 776. The number of rotatable bonds is 4. The van der Waals surface area contributed by atoms with Crippen molar-refractivity contribution in [1.29, 1.82) is 0 Å². The fourth-order valence-corrected chi connectivity index (χ4v) is 3.68. The molecule has 1 unspecified atom stereocenters. The average molecular weight is 341 g/mol. The number of nitrogens with one attached hydrogen (secondary N) is 1. The van der Waals surface area contributed by atoms with Gasteiger partial charge in [0.05, 0.1) is 25.2 Å². The van der Waals surface area contributed by atoms with Crippen LogP contribution in [0.4, 0.5) is 0 Å². The molecule has 0 fully saturated rings. The molecule has 1 aromatic rings. The number of dihydropyridines is 1. The number of carbonyl (C=O) groups excluding carboxylic acids is 2. The van der Waals surface area contributed by atoms with Crippen molar-refractivity contribution < 1.29 is 19.1 Å². The average Bonchev–Trinajstić information content (AvgIpc) is 2.61. The van der Waals surface area contributed by atoms with E-state index in [4.69, 9.17) is 9.47 Å². The summed E-state index contributed by atoms with van der Waals surface area (Å²) in [6.45, 7) is 4.28. The first-order valence-corrected chi connectivity index (χ1v) is 8.62. The number of methoxy groups -OCH3 is 1. The lowest BCUT2D eigenvalue weighted by atomic mass is 9.75. The first-order valence-electron chi connectivity index (χ1n) is 8.62. The molecular formula is C20H23NO4. The maximum atomic E-state index is 12.7. The molecule has 0 amide bonds. The molecule has 0 saturated heterocycles. The Morgan fingerprint density at radius 1 is 1.28 bits per heavy atom. The summed E-state index contributed by atoms with van der Waals surface area (Å²) in [5.74, 6) is -0.110. The highest BCUT2D eigenvalue weighted by Crippen LogP contribution is 2.45. The molecule has 1 heterocycles. The normalized spacial score (nSPS) is 20.1. The Morgan fingerprint density at radius 3 is 2.76 bits per heavy atom. The van der Waals surface area contributed by atoms with Crippen LogP contribution in [-0.4, -0.2) is 25.5 Å². The number of allylic oxidation sites excluding steroid dienone is 3. The lowest BCUT2D eigenvalue weighted by molar-refractivity contribution is -0.136. The van der Waals surface area contributed by atoms with Gasteiger partial charge < -0.3 is 14.8 Å². The summed E-state index contributed by atoms with van der Waals surface area (Å²) in [4.78, 5) is 25.2. The molecule has 1 aromatic carbocycles. The van der Waals surface area contributed by atoms with Crippen LogP contribution in [0.15, 0.2) is 46.8 Å². The Balaban J connectivity index is 2.22. The van der Waals surface area contributed by atoms with Gasteiger partial charge in [-0.25, -0.2) is 4.79 Å². The topological polar surface area (TPSA) is 64.6 Å². The monoisotopic (exact) mass is 341 g/mol. The number of para-hydroxylation sites is 1. The number of carbonyl (C=O) groups is 2. The second-order valence-corrected chi connectivity index (χ2v) is 6.23. The molecule has 5 heteroatoms. The molecule has 5 nitrogen and oxygen atoms in total. The summed E-state index contributed by atoms with van der Waals surface area (Å²) in [5.41, 5.74) is 3.62. The number of ketones is 1. The van der Waals surface area contributed by atoms with Crippen molar-refractivity contribution in [2.45, 2.75) is 39.0 Å². The summed E-state index contributed by atoms with van der Waals surface area (Å²) in [6.07, 6.45) is 2.13. The minimum Gasteiger partial charge on any atom is -0.494 e. The van der Waals surface area contributed by atoms with Crippen LogP contribution in [0.3, 0.4) is 0 Å². The summed E-state index contributed by atoms with van der Waals surface area (Å²) in [5, 5.41) is 3.26. The number of benzene rings is 1. The van der Waals surface area contributed by atoms with Crippen molar-refractivity contribution in [2.75, 3.05) is 13.7 Å². The van der Waals surface area contributed by atoms with Crippen LogP contribution >= 0.6 is 0 Å². The standard InChI is InChI=1S/C20H23NO4/c1-4-25-16-11-6-5-8-13(16)18-17(20(23)24-3)12(2)21-14-9-7-10-15(22)19(14)18/h5-6,8,11,18,21H,4,7,9-10H2,1-3H3. The molecule has 0 radical (unpaired) electrons. The largest absolute Gasteiger partial charge is 0.494 e. The molecule has 1 N–H and O–H groups in total. The first-order chi connectivity index (χ1) is 12.1. The van der Waals surface area contributed by atoms with Crippen LogP contribution in [0, 0.1) is 0 Å². The highest BCUT2D eigenvalue weighted by Gasteiger charge is 2.40. The fourth-order valence-electron chi connectivity index (χ4n) is 3.68. The molecule has 2 aliphatic rings. The van der Waals surface area contributed by atoms with E-state index in [0.717, 1.165) is 29.8 Å². The van der Waals surface area contributed by atoms with Crippen LogP contribution < -0.4 is 10.1 Å². The molecule has 0 saturated carbocycles. The van der Waals surface area contributed by atoms with Gasteiger partial charge in [0.1, 0.15) is 5.75 Å². The molecule has 132 valence electrons. The molecule has 3 rings (SSSR count). The van der Waals surface area contributed by atoms with Gasteiger partial charge >= 0.3 is 5.97 Å². The van der Waals surface area contributed by atoms with Gasteiger partial charge in [-0.15, -0.1) is 0 Å². The minimum atomic E-state index is -0.459. The smallest absolute Gasteiger partial charge is 0.336 e. The van der Waals surface area contributed by atoms with Crippen molar-refractivity contribution in [2.24, 2.45) is 0 Å². The minimum absolute atomic E-state index is 0.0824. The number of ether oxygens (including phenoxy) is 2. The zero-order valence-corrected chi connectivity index (χ0v) is 14.8. The van der Waals surface area contributed by atoms with Gasteiger partial charge in [0.25, 0.3) is 0 Å². The second kappa shape index (κ2) is 7.13. The third kappa shape index (κ3) is 3.06. The third-order valence-electron chi connectivity index (χ3n) is 4.71. The Labute approximate surface area is 147 Å². The number of hydrogen-bond donors (Lipinski definition) is 1. The molecule has 25 heavy (non-hydrogen) atoms. The van der Waals surface area contributed by atoms with E-state index in [-0.39, 0.29) is 5.78 Å². The SMILES string of the molecule is CCOc1ccccc1C1C(C(=O)OC)=C(C)NC2=C1C(=O)CCC2. The zero-order valence-electron chi connectivity index (χ0n) is 14.8. The van der Waals surface area contributed by atoms with Gasteiger partial charge in [-0.2, -0.15) is 0 Å². The van der Waals surface area contributed by atoms with Crippen LogP contribution in [0.25, 0.3) is 0 Å². The van der Waals surface area contributed by atoms with E-state index in [1.54, 1.807) is 0 Å². The number of esters is 1. The first kappa shape index (κ1) is 17.3. The van der Waals surface area contributed by atoms with E-state index in [9.17, 15) is 9.59 Å². The summed E-state index contributed by atoms with van der Waals surface area (Å²) in [7, 11) is 1.36. The molecular weight excluding hydrogens is 318 g/mol. The van der Waals surface area contributed by atoms with Gasteiger partial charge in [-0.05, 0) is 32.8 Å². The molecule has 0 aromatic heterocycles. The van der Waals surface area contributed by atoms with Crippen LogP contribution in [0.2, 0.25) is 0 Å². The van der Waals surface area contributed by atoms with Gasteiger partial charge in [-0.1, -0.05) is 18.2 Å². The van der Waals surface area contributed by atoms with Gasteiger partial charge in [0.15, 0.2) is 5.78 Å². The predicted molar refractivity (Wildman–Crippen MR) is 94.1 cm³/mol. The quantitative estimate of drug-likeness (QED) is 0.852. The molecule has 0 bridgehead atoms. The molecule has 1 atom stereocenters. The van der Waals surface area contributed by atoms with Crippen molar-refractivity contribution >= 4 is 11.8 Å². The number of hydrogen-bond acceptors (Lipinski definition) is 5. The van der Waals surface area contributed by atoms with E-state index < -0.39 is 11.9 Å². The van der Waals surface area contributed by atoms with E-state index in [1.807, 2.05) is 38.1 Å². The van der Waals surface area contributed by atoms with Crippen LogP contribution in [-0.2, 0) is 14.3 Å². The van der Waals surface area contributed by atoms with Gasteiger partial charge in [0.2, 0.25) is 0 Å². The molecule has 1 aliphatic carbocycles. The summed E-state index contributed by atoms with van der Waals surface area (Å²) in [6, 6.07) is 7.59. The van der Waals surface area contributed by atoms with Gasteiger partial charge in [0, 0.05) is 29.0 Å². The van der Waals surface area contributed by atoms with Gasteiger partial charge in [-0.3, -0.25) is 4.79 Å². The highest BCUT2D eigenvalue weighted by atomic mass is 16.5. The molecule has 0 spiro atoms. The maximum Gasteiger partial charge on any atom is 0.336 e. The second-order valence-electron chi connectivity index (χ2n) is 6.23. The van der Waals surface area contributed by atoms with E-state index >= 15 is 0 Å². The maximum absolute atomic E-state index is 12.7. The van der Waals surface area contributed by atoms with Crippen molar-refractivity contribution in [3.8, 4) is 5.75 Å². The van der Waals surface area contributed by atoms with Crippen molar-refractivity contribution in [3.63, 3.8) is 0 Å². The van der Waals surface area contributed by atoms with Crippen LogP contribution in [0.5, 0.6) is 5.75 Å². The van der Waals surface area contributed by atoms with E-state index in [0.29, 0.717) is 29.9 Å². The summed E-state index contributed by atoms with van der Waals surface area (Å²) < 4.78 is 10.8. The highest BCUT2D eigenvalue weighted by molar-refractivity contribution is 6.03. The van der Waals surface area contributed by atoms with Crippen LogP contribution in [0.1, 0.15) is 44.6 Å². The number of Topliss-reactive ketones (excluding diaryl/α,β-unsaturated/α-hetero) is 1. The third-order valence-corrected chi connectivity index (χ3v) is 4.71. The fraction of sp³-hybridized carbons (Fsp3) is 0.400. The predicted octanol–water partition coefficient (Wildman–Crippen LogP) is 3.23. The lowest BCUT2D eigenvalue weighted by Gasteiger charge is -2.34. The zero-order chi connectivity index (χ0) is 18.0.